The normalized spacial score (nSPS) is 13.6. The molecule has 1 aromatic rings. The van der Waals surface area contributed by atoms with E-state index >= 15 is 0 Å². The molecule has 1 atom stereocenters. The van der Waals surface area contributed by atoms with Crippen molar-refractivity contribution in [2.75, 3.05) is 24.7 Å². The number of sulfone groups is 1. The zero-order valence-corrected chi connectivity index (χ0v) is 12.3. The molecule has 0 fully saturated rings. The van der Waals surface area contributed by atoms with Gasteiger partial charge in [0.15, 0.2) is 15.7 Å². The maximum Gasteiger partial charge on any atom is 0.204 e. The van der Waals surface area contributed by atoms with Gasteiger partial charge in [0.25, 0.3) is 0 Å². The molecule has 0 radical (unpaired) electrons. The van der Waals surface area contributed by atoms with Crippen molar-refractivity contribution in [2.24, 2.45) is 5.92 Å². The minimum Gasteiger partial charge on any atom is -0.353 e. The summed E-state index contributed by atoms with van der Waals surface area (Å²) in [5.74, 6) is 0.746. The minimum absolute atomic E-state index is 0.0539. The zero-order chi connectivity index (χ0) is 13.1. The van der Waals surface area contributed by atoms with E-state index in [-0.39, 0.29) is 17.4 Å². The number of anilines is 1. The number of nitrogens with zero attached hydrogens (tertiary/aromatic N) is 3. The molecule has 98 valence electrons. The predicted octanol–water partition coefficient (Wildman–Crippen LogP) is 1.57. The molecule has 1 aromatic heterocycles. The topological polar surface area (TPSA) is 63.2 Å². The highest BCUT2D eigenvalue weighted by Crippen LogP contribution is 2.16. The SMILES string of the molecule is CC[C@H](C)CS(=O)(=O)Cc1nsc(N(C)C)n1. The Labute approximate surface area is 107 Å². The predicted molar refractivity (Wildman–Crippen MR) is 71.2 cm³/mol. The third-order valence-corrected chi connectivity index (χ3v) is 5.12. The van der Waals surface area contributed by atoms with Crippen LogP contribution < -0.4 is 4.90 Å². The molecule has 1 heterocycles. The maximum atomic E-state index is 11.9. The van der Waals surface area contributed by atoms with Gasteiger partial charge < -0.3 is 4.90 Å². The van der Waals surface area contributed by atoms with Crippen molar-refractivity contribution in [3.05, 3.63) is 5.82 Å². The smallest absolute Gasteiger partial charge is 0.204 e. The molecule has 1 rings (SSSR count). The Kier molecular flexibility index (Phi) is 4.88. The summed E-state index contributed by atoms with van der Waals surface area (Å²) in [6.45, 7) is 3.93. The molecule has 0 aliphatic rings. The standard InChI is InChI=1S/C10H19N3O2S2/c1-5-8(2)6-17(14,15)7-9-11-10(13(3)4)16-12-9/h8H,5-7H2,1-4H3/t8-/m0/s1. The summed E-state index contributed by atoms with van der Waals surface area (Å²) in [6.07, 6.45) is 0.868. The van der Waals surface area contributed by atoms with Crippen LogP contribution in [-0.2, 0) is 15.6 Å². The van der Waals surface area contributed by atoms with Gasteiger partial charge in [-0.1, -0.05) is 20.3 Å². The van der Waals surface area contributed by atoms with Gasteiger partial charge in [0.2, 0.25) is 5.13 Å². The van der Waals surface area contributed by atoms with Crippen molar-refractivity contribution >= 4 is 26.5 Å². The first-order valence-corrected chi connectivity index (χ1v) is 8.14. The molecule has 5 nitrogen and oxygen atoms in total. The second kappa shape index (κ2) is 5.77. The largest absolute Gasteiger partial charge is 0.353 e. The molecule has 0 aliphatic carbocycles. The molecule has 0 saturated carbocycles. The second-order valence-corrected chi connectivity index (χ2v) is 7.30. The number of aromatic nitrogens is 2. The molecule has 0 saturated heterocycles. The van der Waals surface area contributed by atoms with Gasteiger partial charge in [0, 0.05) is 25.6 Å². The van der Waals surface area contributed by atoms with Gasteiger partial charge in [0.1, 0.15) is 5.75 Å². The highest BCUT2D eigenvalue weighted by atomic mass is 32.2. The van der Waals surface area contributed by atoms with Gasteiger partial charge in [-0.25, -0.2) is 13.4 Å². The van der Waals surface area contributed by atoms with Crippen molar-refractivity contribution in [3.8, 4) is 0 Å². The minimum atomic E-state index is -3.10. The van der Waals surface area contributed by atoms with E-state index in [1.165, 1.54) is 11.5 Å². The van der Waals surface area contributed by atoms with Crippen LogP contribution in [0.5, 0.6) is 0 Å². The number of hydrogen-bond donors (Lipinski definition) is 0. The quantitative estimate of drug-likeness (QED) is 0.789. The monoisotopic (exact) mass is 277 g/mol. The molecule has 0 amide bonds. The first kappa shape index (κ1) is 14.4. The first-order chi connectivity index (χ1) is 7.84. The molecule has 7 heteroatoms. The summed E-state index contributed by atoms with van der Waals surface area (Å²) in [6, 6.07) is 0. The van der Waals surface area contributed by atoms with E-state index in [0.717, 1.165) is 11.6 Å². The summed E-state index contributed by atoms with van der Waals surface area (Å²) >= 11 is 1.22. The second-order valence-electron chi connectivity index (χ2n) is 4.46. The Hall–Kier alpha value is -0.690. The van der Waals surface area contributed by atoms with Crippen molar-refractivity contribution in [1.82, 2.24) is 9.36 Å². The van der Waals surface area contributed by atoms with Crippen LogP contribution in [0.3, 0.4) is 0 Å². The van der Waals surface area contributed by atoms with E-state index in [4.69, 9.17) is 0 Å². The summed E-state index contributed by atoms with van der Waals surface area (Å²) in [7, 11) is 0.623. The third-order valence-electron chi connectivity index (χ3n) is 2.42. The Morgan fingerprint density at radius 1 is 1.41 bits per heavy atom. The van der Waals surface area contributed by atoms with Crippen molar-refractivity contribution in [2.45, 2.75) is 26.0 Å². The Morgan fingerprint density at radius 2 is 2.06 bits per heavy atom. The lowest BCUT2D eigenvalue weighted by atomic mass is 10.2. The van der Waals surface area contributed by atoms with Gasteiger partial charge in [-0.3, -0.25) is 0 Å². The molecule has 0 aromatic carbocycles. The molecular formula is C10H19N3O2S2. The molecular weight excluding hydrogens is 258 g/mol. The van der Waals surface area contributed by atoms with Crippen LogP contribution in [0.2, 0.25) is 0 Å². The van der Waals surface area contributed by atoms with E-state index in [1.807, 2.05) is 32.8 Å². The van der Waals surface area contributed by atoms with E-state index in [0.29, 0.717) is 5.82 Å². The van der Waals surface area contributed by atoms with Crippen molar-refractivity contribution < 1.29 is 8.42 Å². The van der Waals surface area contributed by atoms with E-state index < -0.39 is 9.84 Å². The molecule has 0 N–H and O–H groups in total. The van der Waals surface area contributed by atoms with Gasteiger partial charge in [-0.2, -0.15) is 4.37 Å². The van der Waals surface area contributed by atoms with Crippen LogP contribution in [0, 0.1) is 5.92 Å². The lowest BCUT2D eigenvalue weighted by Gasteiger charge is -2.08. The fourth-order valence-corrected chi connectivity index (χ4v) is 3.72. The first-order valence-electron chi connectivity index (χ1n) is 5.54. The Morgan fingerprint density at radius 3 is 2.53 bits per heavy atom. The summed E-state index contributed by atoms with van der Waals surface area (Å²) < 4.78 is 27.8. The highest BCUT2D eigenvalue weighted by Gasteiger charge is 2.18. The van der Waals surface area contributed by atoms with Crippen LogP contribution in [0.4, 0.5) is 5.13 Å². The van der Waals surface area contributed by atoms with Gasteiger partial charge in [-0.05, 0) is 5.92 Å². The molecule has 0 unspecified atom stereocenters. The van der Waals surface area contributed by atoms with Gasteiger partial charge in [0.05, 0.1) is 5.75 Å². The number of hydrogen-bond acceptors (Lipinski definition) is 6. The molecule has 0 aliphatic heterocycles. The third kappa shape index (κ3) is 4.59. The van der Waals surface area contributed by atoms with E-state index in [2.05, 4.69) is 9.36 Å². The fraction of sp³-hybridized carbons (Fsp3) is 0.800. The zero-order valence-electron chi connectivity index (χ0n) is 10.7. The summed E-state index contributed by atoms with van der Waals surface area (Å²) in [5, 5.41) is 0.735. The Balaban J connectivity index is 2.69. The van der Waals surface area contributed by atoms with Crippen molar-refractivity contribution in [3.63, 3.8) is 0 Å². The van der Waals surface area contributed by atoms with Crippen molar-refractivity contribution in [1.29, 1.82) is 0 Å². The lowest BCUT2D eigenvalue weighted by Crippen LogP contribution is -2.16. The Bertz CT molecular complexity index is 454. The average Bonchev–Trinajstić information content (AvgIpc) is 2.64. The van der Waals surface area contributed by atoms with E-state index in [1.54, 1.807) is 0 Å². The summed E-state index contributed by atoms with van der Waals surface area (Å²) in [4.78, 5) is 6.00. The highest BCUT2D eigenvalue weighted by molar-refractivity contribution is 7.90. The number of rotatable bonds is 6. The van der Waals surface area contributed by atoms with Crippen LogP contribution in [0.1, 0.15) is 26.1 Å². The van der Waals surface area contributed by atoms with E-state index in [9.17, 15) is 8.42 Å². The fourth-order valence-electron chi connectivity index (χ4n) is 1.29. The summed E-state index contributed by atoms with van der Waals surface area (Å²) in [5.41, 5.74) is 0. The van der Waals surface area contributed by atoms with Gasteiger partial charge in [-0.15, -0.1) is 0 Å². The van der Waals surface area contributed by atoms with Crippen LogP contribution >= 0.6 is 11.5 Å². The van der Waals surface area contributed by atoms with Crippen LogP contribution in [0.25, 0.3) is 0 Å². The van der Waals surface area contributed by atoms with Crippen LogP contribution in [0.15, 0.2) is 0 Å². The lowest BCUT2D eigenvalue weighted by molar-refractivity contribution is 0.562. The molecule has 0 spiro atoms. The molecule has 17 heavy (non-hydrogen) atoms. The average molecular weight is 277 g/mol. The maximum absolute atomic E-state index is 11.9. The molecule has 0 bridgehead atoms. The van der Waals surface area contributed by atoms with Gasteiger partial charge >= 0.3 is 0 Å². The van der Waals surface area contributed by atoms with Crippen LogP contribution in [-0.4, -0.2) is 37.6 Å².